The van der Waals surface area contributed by atoms with Gasteiger partial charge in [-0.25, -0.2) is 4.79 Å². The Balaban J connectivity index is 1.76. The highest BCUT2D eigenvalue weighted by Gasteiger charge is 2.26. The Bertz CT molecular complexity index is 485. The highest BCUT2D eigenvalue weighted by molar-refractivity contribution is 7.17. The topological polar surface area (TPSA) is 113 Å². The number of hydrogen-bond donors (Lipinski definition) is 3. The first-order valence-electron chi connectivity index (χ1n) is 6.26. The van der Waals surface area contributed by atoms with E-state index in [-0.39, 0.29) is 18.0 Å². The molecule has 0 atom stereocenters. The fourth-order valence-electron chi connectivity index (χ4n) is 2.15. The summed E-state index contributed by atoms with van der Waals surface area (Å²) in [5, 5.41) is 22.5. The van der Waals surface area contributed by atoms with Gasteiger partial charge in [-0.15, -0.1) is 5.10 Å². The van der Waals surface area contributed by atoms with Crippen LogP contribution >= 0.6 is 11.3 Å². The monoisotopic (exact) mass is 300 g/mol. The Morgan fingerprint density at radius 1 is 1.30 bits per heavy atom. The van der Waals surface area contributed by atoms with Crippen molar-refractivity contribution in [3.8, 4) is 5.19 Å². The van der Waals surface area contributed by atoms with Crippen molar-refractivity contribution in [3.63, 3.8) is 0 Å². The van der Waals surface area contributed by atoms with E-state index in [9.17, 15) is 9.59 Å². The van der Waals surface area contributed by atoms with Gasteiger partial charge in [0.1, 0.15) is 0 Å². The first-order valence-corrected chi connectivity index (χ1v) is 7.08. The van der Waals surface area contributed by atoms with Gasteiger partial charge in [0.05, 0.1) is 13.0 Å². The molecule has 110 valence electrons. The van der Waals surface area contributed by atoms with Crippen LogP contribution in [0.25, 0.3) is 0 Å². The quantitative estimate of drug-likeness (QED) is 0.772. The predicted octanol–water partition coefficient (Wildman–Crippen LogP) is 1.31. The Morgan fingerprint density at radius 2 is 2.00 bits per heavy atom. The molecule has 1 aromatic rings. The molecule has 1 saturated carbocycles. The molecule has 0 aromatic carbocycles. The van der Waals surface area contributed by atoms with E-state index in [1.807, 2.05) is 0 Å². The molecule has 1 heterocycles. The van der Waals surface area contributed by atoms with Gasteiger partial charge in [-0.2, -0.15) is 0 Å². The molecular formula is C11H16N4O4S. The summed E-state index contributed by atoms with van der Waals surface area (Å²) in [4.78, 5) is 22.6. The summed E-state index contributed by atoms with van der Waals surface area (Å²) >= 11 is 1.13. The molecule has 2 amide bonds. The molecule has 1 fully saturated rings. The van der Waals surface area contributed by atoms with Crippen molar-refractivity contribution < 1.29 is 19.4 Å². The molecule has 0 radical (unpaired) electrons. The van der Waals surface area contributed by atoms with Gasteiger partial charge in [-0.3, -0.25) is 10.1 Å². The van der Waals surface area contributed by atoms with Crippen molar-refractivity contribution in [1.29, 1.82) is 0 Å². The molecule has 0 unspecified atom stereocenters. The zero-order valence-electron chi connectivity index (χ0n) is 11.0. The van der Waals surface area contributed by atoms with Crippen molar-refractivity contribution >= 4 is 28.5 Å². The van der Waals surface area contributed by atoms with Crippen molar-refractivity contribution in [2.45, 2.75) is 31.7 Å². The third kappa shape index (κ3) is 3.80. The van der Waals surface area contributed by atoms with E-state index in [0.717, 1.165) is 11.3 Å². The number of methoxy groups -OCH3 is 1. The van der Waals surface area contributed by atoms with Gasteiger partial charge in [0.25, 0.3) is 5.19 Å². The number of ether oxygens (including phenoxy) is 1. The van der Waals surface area contributed by atoms with E-state index >= 15 is 0 Å². The molecule has 3 N–H and O–H groups in total. The van der Waals surface area contributed by atoms with Crippen LogP contribution in [0.5, 0.6) is 5.19 Å². The fraction of sp³-hybridized carbons (Fsp3) is 0.636. The second-order valence-electron chi connectivity index (χ2n) is 4.56. The zero-order chi connectivity index (χ0) is 14.5. The number of urea groups is 1. The number of nitrogens with one attached hydrogen (secondary N) is 2. The minimum Gasteiger partial charge on any atom is -0.481 e. The summed E-state index contributed by atoms with van der Waals surface area (Å²) in [5.41, 5.74) is 0. The lowest BCUT2D eigenvalue weighted by atomic mass is 9.86. The summed E-state index contributed by atoms with van der Waals surface area (Å²) in [7, 11) is 1.48. The van der Waals surface area contributed by atoms with Gasteiger partial charge >= 0.3 is 12.0 Å². The van der Waals surface area contributed by atoms with Gasteiger partial charge in [-0.1, -0.05) is 5.10 Å². The van der Waals surface area contributed by atoms with Crippen molar-refractivity contribution in [2.24, 2.45) is 5.92 Å². The van der Waals surface area contributed by atoms with Gasteiger partial charge in [0.15, 0.2) is 0 Å². The largest absolute Gasteiger partial charge is 0.481 e. The molecule has 1 aromatic heterocycles. The number of carbonyl (C=O) groups excluding carboxylic acids is 1. The van der Waals surface area contributed by atoms with Gasteiger partial charge in [0.2, 0.25) is 5.13 Å². The van der Waals surface area contributed by atoms with E-state index in [1.54, 1.807) is 0 Å². The minimum absolute atomic E-state index is 0.000386. The number of nitrogens with zero attached hydrogens (tertiary/aromatic N) is 2. The maximum atomic E-state index is 11.8. The SMILES string of the molecule is COc1nnc(NC(=O)NC2CCC(C(=O)O)CC2)s1. The third-order valence-corrected chi connectivity index (χ3v) is 4.01. The molecule has 1 aliphatic carbocycles. The van der Waals surface area contributed by atoms with Crippen LogP contribution in [0.1, 0.15) is 25.7 Å². The van der Waals surface area contributed by atoms with Crippen LogP contribution in [-0.4, -0.2) is 40.5 Å². The number of aliphatic carboxylic acids is 1. The Hall–Kier alpha value is -1.90. The van der Waals surface area contributed by atoms with E-state index in [1.165, 1.54) is 7.11 Å². The maximum Gasteiger partial charge on any atom is 0.321 e. The molecular weight excluding hydrogens is 284 g/mol. The predicted molar refractivity (Wildman–Crippen MR) is 72.0 cm³/mol. The van der Waals surface area contributed by atoms with Gasteiger partial charge in [0, 0.05) is 6.04 Å². The first kappa shape index (κ1) is 14.5. The summed E-state index contributed by atoms with van der Waals surface area (Å²) in [5.74, 6) is -1.04. The summed E-state index contributed by atoms with van der Waals surface area (Å²) in [6.45, 7) is 0. The lowest BCUT2D eigenvalue weighted by molar-refractivity contribution is -0.142. The summed E-state index contributed by atoms with van der Waals surface area (Å²) in [6.07, 6.45) is 2.52. The Morgan fingerprint density at radius 3 is 2.55 bits per heavy atom. The standard InChI is InChI=1S/C11H16N4O4S/c1-19-11-15-14-10(20-11)13-9(18)12-7-4-2-6(3-5-7)8(16)17/h6-7H,2-5H2,1H3,(H,16,17)(H2,12,13,14,18). The second kappa shape index (κ2) is 6.51. The van der Waals surface area contributed by atoms with Crippen LogP contribution in [0.15, 0.2) is 0 Å². The van der Waals surface area contributed by atoms with Crippen LogP contribution in [0.4, 0.5) is 9.93 Å². The van der Waals surface area contributed by atoms with E-state index in [0.29, 0.717) is 36.0 Å². The number of aromatic nitrogens is 2. The number of carbonyl (C=O) groups is 2. The van der Waals surface area contributed by atoms with Crippen molar-refractivity contribution in [1.82, 2.24) is 15.5 Å². The van der Waals surface area contributed by atoms with E-state index < -0.39 is 5.97 Å². The lowest BCUT2D eigenvalue weighted by Crippen LogP contribution is -2.40. The van der Waals surface area contributed by atoms with Crippen LogP contribution in [-0.2, 0) is 4.79 Å². The summed E-state index contributed by atoms with van der Waals surface area (Å²) in [6, 6.07) is -0.358. The molecule has 2 rings (SSSR count). The van der Waals surface area contributed by atoms with Crippen LogP contribution in [0.2, 0.25) is 0 Å². The van der Waals surface area contributed by atoms with Gasteiger partial charge in [-0.05, 0) is 37.0 Å². The molecule has 0 saturated heterocycles. The van der Waals surface area contributed by atoms with Crippen LogP contribution < -0.4 is 15.4 Å². The number of amides is 2. The number of carboxylic acids is 1. The summed E-state index contributed by atoms with van der Waals surface area (Å²) < 4.78 is 4.88. The molecule has 1 aliphatic rings. The van der Waals surface area contributed by atoms with E-state index in [4.69, 9.17) is 9.84 Å². The fourth-order valence-corrected chi connectivity index (χ4v) is 2.70. The van der Waals surface area contributed by atoms with E-state index in [2.05, 4.69) is 20.8 Å². The normalized spacial score (nSPS) is 22.1. The highest BCUT2D eigenvalue weighted by Crippen LogP contribution is 2.25. The molecule has 0 bridgehead atoms. The molecule has 8 nitrogen and oxygen atoms in total. The Labute approximate surface area is 119 Å². The molecule has 0 aliphatic heterocycles. The average Bonchev–Trinajstić information content (AvgIpc) is 2.86. The van der Waals surface area contributed by atoms with Gasteiger partial charge < -0.3 is 15.2 Å². The van der Waals surface area contributed by atoms with Crippen molar-refractivity contribution in [3.05, 3.63) is 0 Å². The number of carboxylic acid groups (broad SMARTS) is 1. The maximum absolute atomic E-state index is 11.8. The van der Waals surface area contributed by atoms with Crippen LogP contribution in [0, 0.1) is 5.92 Å². The number of anilines is 1. The molecule has 20 heavy (non-hydrogen) atoms. The number of hydrogen-bond acceptors (Lipinski definition) is 6. The minimum atomic E-state index is -0.756. The first-order chi connectivity index (χ1) is 9.58. The highest BCUT2D eigenvalue weighted by atomic mass is 32.1. The smallest absolute Gasteiger partial charge is 0.321 e. The molecule has 9 heteroatoms. The second-order valence-corrected chi connectivity index (χ2v) is 5.50. The number of rotatable bonds is 4. The lowest BCUT2D eigenvalue weighted by Gasteiger charge is -2.26. The zero-order valence-corrected chi connectivity index (χ0v) is 11.8. The third-order valence-electron chi connectivity index (χ3n) is 3.21. The van der Waals surface area contributed by atoms with Crippen LogP contribution in [0.3, 0.4) is 0 Å². The van der Waals surface area contributed by atoms with Crippen molar-refractivity contribution in [2.75, 3.05) is 12.4 Å². The molecule has 0 spiro atoms. The Kier molecular flexibility index (Phi) is 4.72. The average molecular weight is 300 g/mol.